The van der Waals surface area contributed by atoms with Crippen LogP contribution in [0.5, 0.6) is 0 Å². The van der Waals surface area contributed by atoms with Crippen molar-refractivity contribution in [1.82, 2.24) is 19.7 Å². The summed E-state index contributed by atoms with van der Waals surface area (Å²) in [5, 5.41) is 6.61. The maximum atomic E-state index is 12.4. The third-order valence-corrected chi connectivity index (χ3v) is 6.02. The first-order chi connectivity index (χ1) is 16.4. The van der Waals surface area contributed by atoms with Gasteiger partial charge in [0.2, 0.25) is 0 Å². The molecule has 35 heavy (non-hydrogen) atoms. The van der Waals surface area contributed by atoms with Crippen LogP contribution in [0.25, 0.3) is 5.52 Å². The molecular formula is C20H29N5O9P+. The third kappa shape index (κ3) is 6.92. The van der Waals surface area contributed by atoms with Gasteiger partial charge in [-0.05, 0) is 30.5 Å². The number of carbonyl (C=O) groups excluding carboxylic acids is 3. The van der Waals surface area contributed by atoms with Crippen LogP contribution in [0.3, 0.4) is 0 Å². The zero-order valence-corrected chi connectivity index (χ0v) is 21.1. The van der Waals surface area contributed by atoms with Crippen molar-refractivity contribution in [3.63, 3.8) is 0 Å². The molecule has 0 fully saturated rings. The van der Waals surface area contributed by atoms with Crippen LogP contribution >= 0.6 is 8.18 Å². The van der Waals surface area contributed by atoms with Gasteiger partial charge >= 0.3 is 26.1 Å². The Morgan fingerprint density at radius 1 is 1.20 bits per heavy atom. The number of anilines is 1. The number of esters is 3. The number of methoxy groups -OCH3 is 2. The Morgan fingerprint density at radius 2 is 1.86 bits per heavy atom. The fourth-order valence-electron chi connectivity index (χ4n) is 3.20. The van der Waals surface area contributed by atoms with Gasteiger partial charge in [-0.2, -0.15) is 5.10 Å². The molecular weight excluding hydrogens is 485 g/mol. The standard InChI is InChI=1S/C20H29N5O9P/c1-11(19(28)30-5)24-35(29)32-9-20(4,31-6)17(34-13(3)27)16(33-12(2)26)14-7-8-15-18(21)22-10-23-25(14)15/h7-8,10-11,16-17H,9H2,1-6H3,(H,24,29)(H2,21,22,23)/q+1/t11-,16-,17-,20+/m0/s1. The van der Waals surface area contributed by atoms with E-state index in [-0.39, 0.29) is 5.82 Å². The smallest absolute Gasteiger partial charge is 0.468 e. The van der Waals surface area contributed by atoms with E-state index < -0.39 is 56.5 Å². The number of rotatable bonds is 12. The molecule has 0 amide bonds. The molecule has 2 aromatic rings. The Kier molecular flexibility index (Phi) is 9.60. The van der Waals surface area contributed by atoms with Crippen molar-refractivity contribution in [2.24, 2.45) is 0 Å². The Labute approximate surface area is 202 Å². The molecule has 192 valence electrons. The van der Waals surface area contributed by atoms with Crippen LogP contribution in [-0.4, -0.2) is 71.1 Å². The van der Waals surface area contributed by atoms with E-state index in [9.17, 15) is 18.9 Å². The number of nitrogen functional groups attached to an aromatic ring is 1. The number of fused-ring (bicyclic) bond motifs is 1. The van der Waals surface area contributed by atoms with Crippen molar-refractivity contribution in [3.05, 3.63) is 24.2 Å². The largest absolute Gasteiger partial charge is 0.613 e. The predicted octanol–water partition coefficient (Wildman–Crippen LogP) is 1.08. The molecule has 3 N–H and O–H groups in total. The zero-order chi connectivity index (χ0) is 26.3. The van der Waals surface area contributed by atoms with Gasteiger partial charge in [-0.25, -0.2) is 9.50 Å². The van der Waals surface area contributed by atoms with Gasteiger partial charge in [0.25, 0.3) is 0 Å². The van der Waals surface area contributed by atoms with E-state index >= 15 is 0 Å². The van der Waals surface area contributed by atoms with E-state index in [1.807, 2.05) is 0 Å². The number of nitrogens with zero attached hydrogens (tertiary/aromatic N) is 3. The zero-order valence-electron chi connectivity index (χ0n) is 20.2. The van der Waals surface area contributed by atoms with Gasteiger partial charge < -0.3 is 24.7 Å². The van der Waals surface area contributed by atoms with Crippen molar-refractivity contribution in [2.45, 2.75) is 51.5 Å². The lowest BCUT2D eigenvalue weighted by Crippen LogP contribution is -2.51. The monoisotopic (exact) mass is 514 g/mol. The summed E-state index contributed by atoms with van der Waals surface area (Å²) in [7, 11) is -0.0466. The summed E-state index contributed by atoms with van der Waals surface area (Å²) in [6.07, 6.45) is -1.30. The molecule has 0 aromatic carbocycles. The van der Waals surface area contributed by atoms with Gasteiger partial charge in [0.1, 0.15) is 30.1 Å². The lowest BCUT2D eigenvalue weighted by Gasteiger charge is -2.37. The highest BCUT2D eigenvalue weighted by Crippen LogP contribution is 2.36. The van der Waals surface area contributed by atoms with Crippen LogP contribution in [0.4, 0.5) is 5.82 Å². The van der Waals surface area contributed by atoms with Crippen LogP contribution in [0.1, 0.15) is 39.5 Å². The average Bonchev–Trinajstić information content (AvgIpc) is 3.24. The molecule has 14 nitrogen and oxygen atoms in total. The normalized spacial score (nSPS) is 16.0. The first kappa shape index (κ1) is 28.1. The summed E-state index contributed by atoms with van der Waals surface area (Å²) < 4.78 is 40.5. The maximum Gasteiger partial charge on any atom is 0.613 e. The van der Waals surface area contributed by atoms with Gasteiger partial charge in [0.05, 0.1) is 12.8 Å². The molecule has 0 spiro atoms. The number of hydrogen-bond acceptors (Lipinski definition) is 12. The Morgan fingerprint density at radius 3 is 2.43 bits per heavy atom. The van der Waals surface area contributed by atoms with Crippen LogP contribution in [0.15, 0.2) is 18.5 Å². The van der Waals surface area contributed by atoms with E-state index in [1.165, 1.54) is 52.8 Å². The second-order valence-corrected chi connectivity index (χ2v) is 8.71. The second-order valence-electron chi connectivity index (χ2n) is 7.68. The lowest BCUT2D eigenvalue weighted by molar-refractivity contribution is -0.198. The minimum Gasteiger partial charge on any atom is -0.468 e. The van der Waals surface area contributed by atoms with E-state index in [1.54, 1.807) is 12.1 Å². The number of aromatic nitrogens is 3. The number of hydrogen-bond donors (Lipinski definition) is 2. The van der Waals surface area contributed by atoms with E-state index in [2.05, 4.69) is 19.9 Å². The molecule has 0 radical (unpaired) electrons. The number of nitrogens with one attached hydrogen (secondary N) is 1. The Balaban J connectivity index is 2.44. The topological polar surface area (TPSA) is 183 Å². The molecule has 0 aliphatic carbocycles. The van der Waals surface area contributed by atoms with Crippen LogP contribution in [0.2, 0.25) is 0 Å². The number of nitrogens with two attached hydrogens (primary N) is 1. The summed E-state index contributed by atoms with van der Waals surface area (Å²) in [6, 6.07) is 2.29. The molecule has 0 aliphatic heterocycles. The molecule has 0 saturated carbocycles. The van der Waals surface area contributed by atoms with E-state index in [0.717, 1.165) is 0 Å². The SMILES string of the molecule is COC(=O)[C@H](C)N[P+](=O)OC[C@@](C)(OC)[C@@H](OC(C)=O)[C@@H](OC(C)=O)c1ccc2c(N)ncnn12. The van der Waals surface area contributed by atoms with Crippen molar-refractivity contribution >= 4 is 37.4 Å². The Bertz CT molecular complexity index is 1090. The summed E-state index contributed by atoms with van der Waals surface area (Å²) in [5.74, 6) is -1.84. The molecule has 0 saturated heterocycles. The van der Waals surface area contributed by atoms with Crippen LogP contribution in [-0.2, 0) is 42.4 Å². The van der Waals surface area contributed by atoms with Crippen LogP contribution in [0, 0.1) is 0 Å². The first-order valence-corrected chi connectivity index (χ1v) is 11.5. The highest BCUT2D eigenvalue weighted by Gasteiger charge is 2.48. The highest BCUT2D eigenvalue weighted by molar-refractivity contribution is 7.36. The molecule has 2 heterocycles. The average molecular weight is 514 g/mol. The summed E-state index contributed by atoms with van der Waals surface area (Å²) in [4.78, 5) is 39.6. The maximum absolute atomic E-state index is 12.4. The summed E-state index contributed by atoms with van der Waals surface area (Å²) >= 11 is 0. The molecule has 0 bridgehead atoms. The fourth-order valence-corrected chi connectivity index (χ4v) is 4.07. The molecule has 2 aromatic heterocycles. The van der Waals surface area contributed by atoms with E-state index in [4.69, 9.17) is 24.5 Å². The fraction of sp³-hybridized carbons (Fsp3) is 0.550. The third-order valence-electron chi connectivity index (χ3n) is 5.05. The van der Waals surface area contributed by atoms with Gasteiger partial charge in [-0.15, -0.1) is 4.52 Å². The quantitative estimate of drug-likeness (QED) is 0.233. The molecule has 2 rings (SSSR count). The predicted molar refractivity (Wildman–Crippen MR) is 121 cm³/mol. The molecule has 5 atom stereocenters. The molecule has 0 aliphatic rings. The molecule has 1 unspecified atom stereocenters. The van der Waals surface area contributed by atoms with Gasteiger partial charge in [0, 0.05) is 21.0 Å². The summed E-state index contributed by atoms with van der Waals surface area (Å²) in [6.45, 7) is 4.93. The Hall–Kier alpha value is -3.19. The van der Waals surface area contributed by atoms with Gasteiger partial charge in [-0.3, -0.25) is 14.4 Å². The second kappa shape index (κ2) is 12.0. The van der Waals surface area contributed by atoms with Crippen molar-refractivity contribution in [1.29, 1.82) is 0 Å². The number of ether oxygens (including phenoxy) is 4. The number of carbonyl (C=O) groups is 3. The lowest BCUT2D eigenvalue weighted by atomic mass is 9.93. The molecule has 15 heteroatoms. The van der Waals surface area contributed by atoms with E-state index in [0.29, 0.717) is 11.2 Å². The summed E-state index contributed by atoms with van der Waals surface area (Å²) in [5.41, 5.74) is 5.16. The van der Waals surface area contributed by atoms with Crippen molar-refractivity contribution < 1.29 is 42.4 Å². The van der Waals surface area contributed by atoms with Crippen LogP contribution < -0.4 is 10.8 Å². The van der Waals surface area contributed by atoms with Gasteiger partial charge in [-0.1, -0.05) is 5.09 Å². The van der Waals surface area contributed by atoms with Crippen molar-refractivity contribution in [3.8, 4) is 0 Å². The first-order valence-electron chi connectivity index (χ1n) is 10.3. The van der Waals surface area contributed by atoms with Crippen molar-refractivity contribution in [2.75, 3.05) is 26.6 Å². The minimum atomic E-state index is -2.56. The minimum absolute atomic E-state index is 0.178. The van der Waals surface area contributed by atoms with Gasteiger partial charge in [0.15, 0.2) is 18.0 Å². The highest BCUT2D eigenvalue weighted by atomic mass is 31.1.